The first-order valence-electron chi connectivity index (χ1n) is 7.50. The zero-order valence-electron chi connectivity index (χ0n) is 12.4. The summed E-state index contributed by atoms with van der Waals surface area (Å²) in [6.45, 7) is 8.50. The molecule has 1 fully saturated rings. The average Bonchev–Trinajstić information content (AvgIpc) is 2.93. The van der Waals surface area contributed by atoms with Gasteiger partial charge in [0.15, 0.2) is 0 Å². The Morgan fingerprint density at radius 1 is 1.40 bits per heavy atom. The number of hydrogen-bond donors (Lipinski definition) is 2. The predicted molar refractivity (Wildman–Crippen MR) is 82.8 cm³/mol. The number of carbonyl (C=O) groups is 1. The highest BCUT2D eigenvalue weighted by Crippen LogP contribution is 2.14. The Morgan fingerprint density at radius 2 is 2.15 bits per heavy atom. The molecule has 0 bridgehead atoms. The fourth-order valence-corrected chi connectivity index (χ4v) is 2.57. The largest absolute Gasteiger partial charge is 0.325 e. The van der Waals surface area contributed by atoms with Crippen LogP contribution in [-0.4, -0.2) is 43.0 Å². The van der Waals surface area contributed by atoms with Crippen LogP contribution in [-0.2, 0) is 4.79 Å². The van der Waals surface area contributed by atoms with E-state index >= 15 is 0 Å². The lowest BCUT2D eigenvalue weighted by Gasteiger charge is -2.17. The van der Waals surface area contributed by atoms with Crippen molar-refractivity contribution >= 4 is 11.6 Å². The summed E-state index contributed by atoms with van der Waals surface area (Å²) in [6.07, 6.45) is 1.23. The highest BCUT2D eigenvalue weighted by Gasteiger charge is 2.22. The van der Waals surface area contributed by atoms with Crippen LogP contribution in [0.4, 0.5) is 5.69 Å². The monoisotopic (exact) mass is 275 g/mol. The number of amides is 1. The van der Waals surface area contributed by atoms with Gasteiger partial charge in [-0.3, -0.25) is 4.79 Å². The minimum Gasteiger partial charge on any atom is -0.325 e. The summed E-state index contributed by atoms with van der Waals surface area (Å²) in [5, 5.41) is 6.28. The summed E-state index contributed by atoms with van der Waals surface area (Å²) in [7, 11) is 0. The fourth-order valence-electron chi connectivity index (χ4n) is 2.57. The zero-order chi connectivity index (χ0) is 14.4. The van der Waals surface area contributed by atoms with Crippen molar-refractivity contribution in [2.24, 2.45) is 5.92 Å². The number of benzene rings is 1. The lowest BCUT2D eigenvalue weighted by molar-refractivity contribution is -0.117. The van der Waals surface area contributed by atoms with Crippen molar-refractivity contribution in [1.29, 1.82) is 0 Å². The van der Waals surface area contributed by atoms with Gasteiger partial charge in [-0.1, -0.05) is 25.1 Å². The van der Waals surface area contributed by atoms with Crippen LogP contribution in [0.15, 0.2) is 30.3 Å². The van der Waals surface area contributed by atoms with Gasteiger partial charge in [-0.25, -0.2) is 0 Å². The Hall–Kier alpha value is -1.39. The molecule has 1 saturated heterocycles. The van der Waals surface area contributed by atoms with Gasteiger partial charge in [-0.15, -0.1) is 0 Å². The quantitative estimate of drug-likeness (QED) is 0.834. The van der Waals surface area contributed by atoms with Crippen LogP contribution < -0.4 is 10.6 Å². The van der Waals surface area contributed by atoms with E-state index in [1.165, 1.54) is 13.0 Å². The number of likely N-dealkylation sites (tertiary alicyclic amines) is 1. The standard InChI is InChI=1S/C16H25N3O/c1-3-19-10-9-14(12-19)11-17-13(2)16(20)18-15-7-5-4-6-8-15/h4-8,13-14,17H,3,9-12H2,1-2H3,(H,18,20). The second-order valence-electron chi connectivity index (χ2n) is 5.53. The molecule has 1 aliphatic rings. The third kappa shape index (κ3) is 4.32. The molecule has 2 atom stereocenters. The number of rotatable bonds is 6. The normalized spacial score (nSPS) is 20.8. The molecule has 1 aliphatic heterocycles. The van der Waals surface area contributed by atoms with E-state index in [1.807, 2.05) is 37.3 Å². The van der Waals surface area contributed by atoms with E-state index in [-0.39, 0.29) is 11.9 Å². The highest BCUT2D eigenvalue weighted by atomic mass is 16.2. The maximum absolute atomic E-state index is 12.1. The van der Waals surface area contributed by atoms with E-state index in [9.17, 15) is 4.79 Å². The van der Waals surface area contributed by atoms with Crippen LogP contribution in [0.1, 0.15) is 20.3 Å². The number of para-hydroxylation sites is 1. The van der Waals surface area contributed by atoms with Crippen molar-refractivity contribution in [3.63, 3.8) is 0 Å². The lowest BCUT2D eigenvalue weighted by atomic mass is 10.1. The summed E-state index contributed by atoms with van der Waals surface area (Å²) >= 11 is 0. The molecule has 0 aromatic heterocycles. The Bertz CT molecular complexity index is 421. The van der Waals surface area contributed by atoms with Gasteiger partial charge in [0.05, 0.1) is 6.04 Å². The third-order valence-electron chi connectivity index (χ3n) is 3.96. The second kappa shape index (κ2) is 7.41. The SMILES string of the molecule is CCN1CCC(CNC(C)C(=O)Nc2ccccc2)C1. The first-order chi connectivity index (χ1) is 9.69. The van der Waals surface area contributed by atoms with Crippen LogP contribution in [0.5, 0.6) is 0 Å². The molecule has 1 amide bonds. The Kier molecular flexibility index (Phi) is 5.56. The summed E-state index contributed by atoms with van der Waals surface area (Å²) < 4.78 is 0. The molecule has 1 aromatic rings. The molecule has 20 heavy (non-hydrogen) atoms. The van der Waals surface area contributed by atoms with Crippen molar-refractivity contribution in [2.45, 2.75) is 26.3 Å². The van der Waals surface area contributed by atoms with E-state index in [2.05, 4.69) is 22.5 Å². The van der Waals surface area contributed by atoms with Gasteiger partial charge < -0.3 is 15.5 Å². The molecule has 2 unspecified atom stereocenters. The first-order valence-corrected chi connectivity index (χ1v) is 7.50. The van der Waals surface area contributed by atoms with Gasteiger partial charge in [-0.05, 0) is 51.0 Å². The van der Waals surface area contributed by atoms with Crippen LogP contribution in [0.2, 0.25) is 0 Å². The first kappa shape index (κ1) is 15.0. The summed E-state index contributed by atoms with van der Waals surface area (Å²) in [6, 6.07) is 9.43. The number of hydrogen-bond acceptors (Lipinski definition) is 3. The molecule has 0 aliphatic carbocycles. The minimum atomic E-state index is -0.161. The van der Waals surface area contributed by atoms with Crippen molar-refractivity contribution in [2.75, 3.05) is 31.5 Å². The molecule has 0 radical (unpaired) electrons. The van der Waals surface area contributed by atoms with Gasteiger partial charge in [-0.2, -0.15) is 0 Å². The number of nitrogens with one attached hydrogen (secondary N) is 2. The third-order valence-corrected chi connectivity index (χ3v) is 3.96. The summed E-state index contributed by atoms with van der Waals surface area (Å²) in [5.41, 5.74) is 0.851. The zero-order valence-corrected chi connectivity index (χ0v) is 12.4. The molecular formula is C16H25N3O. The van der Waals surface area contributed by atoms with Gasteiger partial charge in [0.1, 0.15) is 0 Å². The van der Waals surface area contributed by atoms with Crippen molar-refractivity contribution in [1.82, 2.24) is 10.2 Å². The molecular weight excluding hydrogens is 250 g/mol. The van der Waals surface area contributed by atoms with Crippen molar-refractivity contribution < 1.29 is 4.79 Å². The van der Waals surface area contributed by atoms with Crippen LogP contribution >= 0.6 is 0 Å². The Balaban J connectivity index is 1.72. The van der Waals surface area contributed by atoms with Gasteiger partial charge in [0.25, 0.3) is 0 Å². The van der Waals surface area contributed by atoms with E-state index in [1.54, 1.807) is 0 Å². The smallest absolute Gasteiger partial charge is 0.241 e. The lowest BCUT2D eigenvalue weighted by Crippen LogP contribution is -2.40. The molecule has 2 rings (SSSR count). The fraction of sp³-hybridized carbons (Fsp3) is 0.562. The number of carbonyl (C=O) groups excluding carboxylic acids is 1. The molecule has 2 N–H and O–H groups in total. The summed E-state index contributed by atoms with van der Waals surface area (Å²) in [5.74, 6) is 0.698. The topological polar surface area (TPSA) is 44.4 Å². The van der Waals surface area contributed by atoms with Crippen LogP contribution in [0.3, 0.4) is 0 Å². The van der Waals surface area contributed by atoms with Gasteiger partial charge in [0.2, 0.25) is 5.91 Å². The molecule has 4 nitrogen and oxygen atoms in total. The maximum atomic E-state index is 12.1. The van der Waals surface area contributed by atoms with E-state index in [4.69, 9.17) is 0 Å². The molecule has 110 valence electrons. The molecule has 0 spiro atoms. The molecule has 0 saturated carbocycles. The van der Waals surface area contributed by atoms with Gasteiger partial charge in [0, 0.05) is 12.2 Å². The minimum absolute atomic E-state index is 0.0292. The van der Waals surface area contributed by atoms with Crippen molar-refractivity contribution in [3.05, 3.63) is 30.3 Å². The van der Waals surface area contributed by atoms with E-state index in [0.717, 1.165) is 25.3 Å². The highest BCUT2D eigenvalue weighted by molar-refractivity contribution is 5.94. The number of anilines is 1. The Labute approximate surface area is 121 Å². The average molecular weight is 275 g/mol. The van der Waals surface area contributed by atoms with E-state index < -0.39 is 0 Å². The maximum Gasteiger partial charge on any atom is 0.241 e. The van der Waals surface area contributed by atoms with E-state index in [0.29, 0.717) is 5.92 Å². The predicted octanol–water partition coefficient (Wildman–Crippen LogP) is 1.94. The van der Waals surface area contributed by atoms with Crippen molar-refractivity contribution in [3.8, 4) is 0 Å². The molecule has 1 heterocycles. The molecule has 4 heteroatoms. The van der Waals surface area contributed by atoms with Gasteiger partial charge >= 0.3 is 0 Å². The Morgan fingerprint density at radius 3 is 2.80 bits per heavy atom. The summed E-state index contributed by atoms with van der Waals surface area (Å²) in [4.78, 5) is 14.5. The van der Waals surface area contributed by atoms with Crippen LogP contribution in [0, 0.1) is 5.92 Å². The molecule has 1 aromatic carbocycles. The number of nitrogens with zero attached hydrogens (tertiary/aromatic N) is 1. The second-order valence-corrected chi connectivity index (χ2v) is 5.53. The van der Waals surface area contributed by atoms with Crippen LogP contribution in [0.25, 0.3) is 0 Å².